The van der Waals surface area contributed by atoms with E-state index in [0.29, 0.717) is 23.3 Å². The minimum absolute atomic E-state index is 0.170. The Morgan fingerprint density at radius 2 is 2.05 bits per heavy atom. The largest absolute Gasteiger partial charge is 0.478 e. The second kappa shape index (κ2) is 5.83. The lowest BCUT2D eigenvalue weighted by Crippen LogP contribution is -2.26. The molecule has 0 spiro atoms. The van der Waals surface area contributed by atoms with Crippen LogP contribution in [0.5, 0.6) is 0 Å². The van der Waals surface area contributed by atoms with Crippen molar-refractivity contribution in [2.24, 2.45) is 5.41 Å². The third kappa shape index (κ3) is 3.51. The normalized spacial score (nSPS) is 18.9. The Morgan fingerprint density at radius 3 is 2.65 bits per heavy atom. The van der Waals surface area contributed by atoms with E-state index in [1.165, 1.54) is 0 Å². The molecular weight excluding hydrogens is 254 g/mol. The number of benzene rings is 1. The third-order valence-corrected chi connectivity index (χ3v) is 4.16. The summed E-state index contributed by atoms with van der Waals surface area (Å²) in [7, 11) is 0. The van der Waals surface area contributed by atoms with Crippen LogP contribution in [0.15, 0.2) is 18.2 Å². The summed E-state index contributed by atoms with van der Waals surface area (Å²) in [5.41, 5.74) is 7.26. The fourth-order valence-electron chi connectivity index (χ4n) is 2.75. The Morgan fingerprint density at radius 1 is 1.40 bits per heavy atom. The summed E-state index contributed by atoms with van der Waals surface area (Å²) in [4.78, 5) is 11.2. The zero-order chi connectivity index (χ0) is 14.8. The summed E-state index contributed by atoms with van der Waals surface area (Å²) in [5.74, 6) is -0.994. The average Bonchev–Trinajstić information content (AvgIpc) is 2.37. The molecule has 0 bridgehead atoms. The van der Waals surface area contributed by atoms with Crippen LogP contribution in [0, 0.1) is 5.41 Å². The molecule has 4 heteroatoms. The molecule has 2 rings (SSSR count). The molecule has 0 radical (unpaired) electrons. The van der Waals surface area contributed by atoms with Gasteiger partial charge in [0.25, 0.3) is 0 Å². The highest BCUT2D eigenvalue weighted by molar-refractivity contribution is 5.95. The van der Waals surface area contributed by atoms with E-state index in [2.05, 4.69) is 13.8 Å². The maximum Gasteiger partial charge on any atom is 0.338 e. The van der Waals surface area contributed by atoms with Crippen molar-refractivity contribution in [2.45, 2.75) is 52.2 Å². The number of carboxylic acid groups (broad SMARTS) is 1. The summed E-state index contributed by atoms with van der Waals surface area (Å²) >= 11 is 0. The lowest BCUT2D eigenvalue weighted by molar-refractivity contribution is -0.00595. The molecule has 1 aliphatic rings. The summed E-state index contributed by atoms with van der Waals surface area (Å²) < 4.78 is 5.89. The van der Waals surface area contributed by atoms with Crippen LogP contribution < -0.4 is 5.73 Å². The molecule has 110 valence electrons. The van der Waals surface area contributed by atoms with Crippen molar-refractivity contribution in [3.05, 3.63) is 29.3 Å². The first-order chi connectivity index (χ1) is 9.39. The van der Waals surface area contributed by atoms with Gasteiger partial charge < -0.3 is 15.6 Å². The molecule has 1 saturated carbocycles. The van der Waals surface area contributed by atoms with Crippen LogP contribution in [0.3, 0.4) is 0 Å². The fourth-order valence-corrected chi connectivity index (χ4v) is 2.75. The molecule has 20 heavy (non-hydrogen) atoms. The molecule has 0 aromatic heterocycles. The molecule has 0 heterocycles. The van der Waals surface area contributed by atoms with E-state index in [9.17, 15) is 9.90 Å². The molecule has 0 atom stereocenters. The van der Waals surface area contributed by atoms with E-state index >= 15 is 0 Å². The van der Waals surface area contributed by atoms with Gasteiger partial charge in [-0.05, 0) is 42.7 Å². The molecular formula is C16H23NO3. The number of carboxylic acids is 1. The standard InChI is InChI=1S/C16H23NO3/c1-16(2)8-6-12(7-9-16)20-10-11-4-3-5-13(17)14(11)15(18)19/h3-5,12H,6-10,17H2,1-2H3,(H,18,19). The number of carbonyl (C=O) groups is 1. The van der Waals surface area contributed by atoms with Crippen molar-refractivity contribution >= 4 is 11.7 Å². The molecule has 1 fully saturated rings. The molecule has 1 aromatic carbocycles. The molecule has 0 unspecified atom stereocenters. The highest BCUT2D eigenvalue weighted by Gasteiger charge is 2.27. The Hall–Kier alpha value is -1.55. The lowest BCUT2D eigenvalue weighted by atomic mass is 9.76. The number of aromatic carboxylic acids is 1. The Kier molecular flexibility index (Phi) is 4.33. The van der Waals surface area contributed by atoms with Crippen molar-refractivity contribution < 1.29 is 14.6 Å². The van der Waals surface area contributed by atoms with Crippen LogP contribution in [0.4, 0.5) is 5.69 Å². The zero-order valence-electron chi connectivity index (χ0n) is 12.2. The van der Waals surface area contributed by atoms with Gasteiger partial charge >= 0.3 is 5.97 Å². The van der Waals surface area contributed by atoms with Gasteiger partial charge in [0.1, 0.15) is 0 Å². The summed E-state index contributed by atoms with van der Waals surface area (Å²) in [5, 5.41) is 9.22. The Bertz CT molecular complexity index is 486. The van der Waals surface area contributed by atoms with Crippen molar-refractivity contribution in [1.29, 1.82) is 0 Å². The van der Waals surface area contributed by atoms with Crippen LogP contribution in [0.1, 0.15) is 55.5 Å². The van der Waals surface area contributed by atoms with E-state index in [4.69, 9.17) is 10.5 Å². The number of rotatable bonds is 4. The molecule has 0 aliphatic heterocycles. The van der Waals surface area contributed by atoms with E-state index in [1.807, 2.05) is 0 Å². The number of anilines is 1. The smallest absolute Gasteiger partial charge is 0.338 e. The number of hydrogen-bond donors (Lipinski definition) is 2. The lowest BCUT2D eigenvalue weighted by Gasteiger charge is -2.34. The number of ether oxygens (including phenoxy) is 1. The zero-order valence-corrected chi connectivity index (χ0v) is 12.2. The van der Waals surface area contributed by atoms with Crippen LogP contribution in [0.25, 0.3) is 0 Å². The quantitative estimate of drug-likeness (QED) is 0.827. The third-order valence-electron chi connectivity index (χ3n) is 4.16. The van der Waals surface area contributed by atoms with Crippen LogP contribution in [-0.4, -0.2) is 17.2 Å². The number of nitrogens with two attached hydrogens (primary N) is 1. The summed E-state index contributed by atoms with van der Waals surface area (Å²) in [6, 6.07) is 5.15. The minimum Gasteiger partial charge on any atom is -0.478 e. The van der Waals surface area contributed by atoms with Crippen molar-refractivity contribution in [2.75, 3.05) is 5.73 Å². The van der Waals surface area contributed by atoms with Crippen LogP contribution in [0.2, 0.25) is 0 Å². The van der Waals surface area contributed by atoms with E-state index in [0.717, 1.165) is 25.7 Å². The monoisotopic (exact) mass is 277 g/mol. The predicted octanol–water partition coefficient (Wildman–Crippen LogP) is 3.45. The average molecular weight is 277 g/mol. The number of hydrogen-bond acceptors (Lipinski definition) is 3. The first-order valence-corrected chi connectivity index (χ1v) is 7.11. The van der Waals surface area contributed by atoms with Gasteiger partial charge in [-0.2, -0.15) is 0 Å². The second-order valence-electron chi connectivity index (χ2n) is 6.36. The molecule has 3 N–H and O–H groups in total. The second-order valence-corrected chi connectivity index (χ2v) is 6.36. The van der Waals surface area contributed by atoms with Crippen molar-refractivity contribution in [1.82, 2.24) is 0 Å². The minimum atomic E-state index is -0.994. The van der Waals surface area contributed by atoms with Crippen molar-refractivity contribution in [3.63, 3.8) is 0 Å². The van der Waals surface area contributed by atoms with Gasteiger partial charge in [0.05, 0.1) is 18.3 Å². The fraction of sp³-hybridized carbons (Fsp3) is 0.562. The molecule has 0 amide bonds. The molecule has 0 saturated heterocycles. The molecule has 1 aromatic rings. The van der Waals surface area contributed by atoms with Gasteiger partial charge in [-0.25, -0.2) is 4.79 Å². The van der Waals surface area contributed by atoms with Gasteiger partial charge in [0.2, 0.25) is 0 Å². The first kappa shape index (κ1) is 14.9. The highest BCUT2D eigenvalue weighted by Crippen LogP contribution is 2.36. The van der Waals surface area contributed by atoms with E-state index < -0.39 is 5.97 Å². The first-order valence-electron chi connectivity index (χ1n) is 7.11. The summed E-state index contributed by atoms with van der Waals surface area (Å²) in [6.07, 6.45) is 4.61. The SMILES string of the molecule is CC1(C)CCC(OCc2cccc(N)c2C(=O)O)CC1. The maximum absolute atomic E-state index is 11.2. The van der Waals surface area contributed by atoms with Crippen molar-refractivity contribution in [3.8, 4) is 0 Å². The maximum atomic E-state index is 11.2. The van der Waals surface area contributed by atoms with Gasteiger partial charge in [-0.3, -0.25) is 0 Å². The molecule has 4 nitrogen and oxygen atoms in total. The topological polar surface area (TPSA) is 72.5 Å². The Balaban J connectivity index is 1.98. The van der Waals surface area contributed by atoms with Gasteiger partial charge in [0, 0.05) is 5.69 Å². The van der Waals surface area contributed by atoms with Gasteiger partial charge in [-0.1, -0.05) is 26.0 Å². The van der Waals surface area contributed by atoms with E-state index in [1.54, 1.807) is 18.2 Å². The predicted molar refractivity (Wildman–Crippen MR) is 78.6 cm³/mol. The van der Waals surface area contributed by atoms with Crippen LogP contribution >= 0.6 is 0 Å². The Labute approximate surface area is 119 Å². The van der Waals surface area contributed by atoms with Gasteiger partial charge in [0.15, 0.2) is 0 Å². The van der Waals surface area contributed by atoms with Gasteiger partial charge in [-0.15, -0.1) is 0 Å². The highest BCUT2D eigenvalue weighted by atomic mass is 16.5. The number of nitrogen functional groups attached to an aromatic ring is 1. The summed E-state index contributed by atoms with van der Waals surface area (Å²) in [6.45, 7) is 4.88. The van der Waals surface area contributed by atoms with Crippen LogP contribution in [-0.2, 0) is 11.3 Å². The molecule has 1 aliphatic carbocycles. The van der Waals surface area contributed by atoms with E-state index in [-0.39, 0.29) is 11.7 Å².